The number of terminal acetylenes is 1. The van der Waals surface area contributed by atoms with E-state index in [4.69, 9.17) is 16.3 Å². The average molecular weight is 254 g/mol. The van der Waals surface area contributed by atoms with Gasteiger partial charge in [-0.3, -0.25) is 0 Å². The lowest BCUT2D eigenvalue weighted by atomic mass is 10.2. The molecule has 1 aliphatic heterocycles. The van der Waals surface area contributed by atoms with Crippen LogP contribution in [0.4, 0.5) is 4.79 Å². The Morgan fingerprint density at radius 1 is 1.50 bits per heavy atom. The first-order valence-corrected chi connectivity index (χ1v) is 5.81. The van der Waals surface area contributed by atoms with E-state index in [0.717, 1.165) is 0 Å². The van der Waals surface area contributed by atoms with E-state index >= 15 is 0 Å². The zero-order valence-corrected chi connectivity index (χ0v) is 10.5. The summed E-state index contributed by atoms with van der Waals surface area (Å²) in [6.45, 7) is 4.62. The van der Waals surface area contributed by atoms with Crippen molar-refractivity contribution in [3.63, 3.8) is 0 Å². The summed E-state index contributed by atoms with van der Waals surface area (Å²) >= 11 is 0. The molecule has 6 heteroatoms. The molecule has 3 unspecified atom stereocenters. The number of carboxylic acids is 1. The number of carbonyl (C=O) groups excluding carboxylic acids is 1. The van der Waals surface area contributed by atoms with Crippen LogP contribution in [0.2, 0.25) is 0 Å². The highest BCUT2D eigenvalue weighted by Crippen LogP contribution is 2.10. The molecular weight excluding hydrogens is 236 g/mol. The fourth-order valence-corrected chi connectivity index (χ4v) is 1.90. The predicted octanol–water partition coefficient (Wildman–Crippen LogP) is 0.282. The second kappa shape index (κ2) is 6.26. The molecule has 2 amide bonds. The SMILES string of the molecule is C#CCC(NC(=O)N1CC(C)OC(C)C1)C(=O)O. The zero-order valence-electron chi connectivity index (χ0n) is 10.5. The molecule has 0 bridgehead atoms. The molecule has 1 heterocycles. The normalized spacial score (nSPS) is 25.1. The van der Waals surface area contributed by atoms with Gasteiger partial charge >= 0.3 is 12.0 Å². The molecule has 0 aromatic heterocycles. The van der Waals surface area contributed by atoms with E-state index in [9.17, 15) is 9.59 Å². The predicted molar refractivity (Wildman–Crippen MR) is 65.0 cm³/mol. The molecule has 0 aromatic rings. The Balaban J connectivity index is 2.58. The number of amides is 2. The fourth-order valence-electron chi connectivity index (χ4n) is 1.90. The van der Waals surface area contributed by atoms with Gasteiger partial charge in [0.15, 0.2) is 0 Å². The number of carboxylic acid groups (broad SMARTS) is 1. The van der Waals surface area contributed by atoms with Gasteiger partial charge in [-0.2, -0.15) is 0 Å². The molecule has 18 heavy (non-hydrogen) atoms. The summed E-state index contributed by atoms with van der Waals surface area (Å²) in [5.74, 6) is 1.11. The third-order valence-corrected chi connectivity index (χ3v) is 2.62. The monoisotopic (exact) mass is 254 g/mol. The number of aliphatic carboxylic acids is 1. The first kappa shape index (κ1) is 14.3. The van der Waals surface area contributed by atoms with Gasteiger partial charge in [0.05, 0.1) is 12.2 Å². The van der Waals surface area contributed by atoms with Gasteiger partial charge < -0.3 is 20.1 Å². The van der Waals surface area contributed by atoms with Crippen LogP contribution in [0.3, 0.4) is 0 Å². The van der Waals surface area contributed by atoms with E-state index in [0.29, 0.717) is 13.1 Å². The number of urea groups is 1. The third-order valence-electron chi connectivity index (χ3n) is 2.62. The van der Waals surface area contributed by atoms with Crippen molar-refractivity contribution in [3.05, 3.63) is 0 Å². The lowest BCUT2D eigenvalue weighted by molar-refractivity contribution is -0.139. The highest BCUT2D eigenvalue weighted by Gasteiger charge is 2.28. The Hall–Kier alpha value is -1.74. The van der Waals surface area contributed by atoms with Crippen molar-refractivity contribution < 1.29 is 19.4 Å². The van der Waals surface area contributed by atoms with Crippen molar-refractivity contribution in [2.24, 2.45) is 0 Å². The van der Waals surface area contributed by atoms with Crippen LogP contribution in [0.1, 0.15) is 20.3 Å². The van der Waals surface area contributed by atoms with Crippen molar-refractivity contribution in [2.75, 3.05) is 13.1 Å². The third kappa shape index (κ3) is 3.93. The van der Waals surface area contributed by atoms with Gasteiger partial charge in [-0.15, -0.1) is 12.3 Å². The molecule has 1 saturated heterocycles. The number of ether oxygens (including phenoxy) is 1. The van der Waals surface area contributed by atoms with E-state index in [1.54, 1.807) is 4.90 Å². The van der Waals surface area contributed by atoms with Crippen molar-refractivity contribution >= 4 is 12.0 Å². The maximum absolute atomic E-state index is 11.9. The molecule has 2 N–H and O–H groups in total. The van der Waals surface area contributed by atoms with E-state index < -0.39 is 18.0 Å². The zero-order chi connectivity index (χ0) is 13.7. The summed E-state index contributed by atoms with van der Waals surface area (Å²) in [7, 11) is 0. The van der Waals surface area contributed by atoms with Crippen LogP contribution in [0.5, 0.6) is 0 Å². The van der Waals surface area contributed by atoms with Gasteiger partial charge in [0.2, 0.25) is 0 Å². The van der Waals surface area contributed by atoms with Crippen molar-refractivity contribution in [3.8, 4) is 12.3 Å². The molecule has 1 fully saturated rings. The molecule has 1 aliphatic rings. The summed E-state index contributed by atoms with van der Waals surface area (Å²) in [4.78, 5) is 24.3. The Morgan fingerprint density at radius 2 is 2.06 bits per heavy atom. The Kier molecular flexibility index (Phi) is 4.98. The number of nitrogens with one attached hydrogen (secondary N) is 1. The maximum atomic E-state index is 11.9. The van der Waals surface area contributed by atoms with E-state index in [1.165, 1.54) is 0 Å². The number of morpholine rings is 1. The van der Waals surface area contributed by atoms with Crippen LogP contribution >= 0.6 is 0 Å². The standard InChI is InChI=1S/C12H18N2O4/c1-4-5-10(11(15)16)13-12(17)14-6-8(2)18-9(3)7-14/h1,8-10H,5-7H2,2-3H3,(H,13,17)(H,15,16). The van der Waals surface area contributed by atoms with Crippen molar-refractivity contribution in [1.82, 2.24) is 10.2 Å². The van der Waals surface area contributed by atoms with Gasteiger partial charge in [-0.1, -0.05) is 0 Å². The summed E-state index contributed by atoms with van der Waals surface area (Å²) in [5, 5.41) is 11.3. The largest absolute Gasteiger partial charge is 0.480 e. The summed E-state index contributed by atoms with van der Waals surface area (Å²) in [5.41, 5.74) is 0. The van der Waals surface area contributed by atoms with Crippen LogP contribution in [0, 0.1) is 12.3 Å². The molecule has 0 aliphatic carbocycles. The summed E-state index contributed by atoms with van der Waals surface area (Å²) in [6.07, 6.45) is 4.92. The maximum Gasteiger partial charge on any atom is 0.327 e. The number of hydrogen-bond donors (Lipinski definition) is 2. The van der Waals surface area contributed by atoms with E-state index in [2.05, 4.69) is 11.2 Å². The molecule has 1 rings (SSSR count). The van der Waals surface area contributed by atoms with Crippen LogP contribution < -0.4 is 5.32 Å². The quantitative estimate of drug-likeness (QED) is 0.709. The lowest BCUT2D eigenvalue weighted by Crippen LogP contribution is -2.54. The minimum absolute atomic E-state index is 0.0312. The van der Waals surface area contributed by atoms with Crippen molar-refractivity contribution in [1.29, 1.82) is 0 Å². The summed E-state index contributed by atoms with van der Waals surface area (Å²) < 4.78 is 5.50. The van der Waals surface area contributed by atoms with Crippen LogP contribution in [0.25, 0.3) is 0 Å². The smallest absolute Gasteiger partial charge is 0.327 e. The van der Waals surface area contributed by atoms with E-state index in [1.807, 2.05) is 13.8 Å². The Bertz CT molecular complexity index is 354. The van der Waals surface area contributed by atoms with Crippen LogP contribution in [0.15, 0.2) is 0 Å². The first-order chi connectivity index (χ1) is 8.43. The number of hydrogen-bond acceptors (Lipinski definition) is 3. The van der Waals surface area contributed by atoms with Gasteiger partial charge in [0, 0.05) is 19.5 Å². The lowest BCUT2D eigenvalue weighted by Gasteiger charge is -2.35. The minimum Gasteiger partial charge on any atom is -0.480 e. The van der Waals surface area contributed by atoms with E-state index in [-0.39, 0.29) is 18.6 Å². The molecular formula is C12H18N2O4. The number of rotatable bonds is 3. The average Bonchev–Trinajstić information content (AvgIpc) is 2.26. The van der Waals surface area contributed by atoms with Gasteiger partial charge in [0.1, 0.15) is 6.04 Å². The molecule has 0 radical (unpaired) electrons. The van der Waals surface area contributed by atoms with Gasteiger partial charge in [-0.25, -0.2) is 9.59 Å². The van der Waals surface area contributed by atoms with Crippen LogP contribution in [-0.2, 0) is 9.53 Å². The molecule has 0 spiro atoms. The second-order valence-electron chi connectivity index (χ2n) is 4.41. The topological polar surface area (TPSA) is 78.9 Å². The minimum atomic E-state index is -1.13. The molecule has 0 aromatic carbocycles. The Morgan fingerprint density at radius 3 is 2.50 bits per heavy atom. The first-order valence-electron chi connectivity index (χ1n) is 5.81. The number of carbonyl (C=O) groups is 2. The molecule has 100 valence electrons. The Labute approximate surface area is 106 Å². The van der Waals surface area contributed by atoms with Gasteiger partial charge in [0.25, 0.3) is 0 Å². The second-order valence-corrected chi connectivity index (χ2v) is 4.41. The highest BCUT2D eigenvalue weighted by atomic mass is 16.5. The number of nitrogens with zero attached hydrogens (tertiary/aromatic N) is 1. The van der Waals surface area contributed by atoms with Crippen molar-refractivity contribution in [2.45, 2.75) is 38.5 Å². The van der Waals surface area contributed by atoms with Gasteiger partial charge in [-0.05, 0) is 13.8 Å². The molecule has 3 atom stereocenters. The molecule has 6 nitrogen and oxygen atoms in total. The highest BCUT2D eigenvalue weighted by molar-refractivity contribution is 5.82. The van der Waals surface area contributed by atoms with Crippen LogP contribution in [-0.4, -0.2) is 53.3 Å². The summed E-state index contributed by atoms with van der Waals surface area (Å²) in [6, 6.07) is -1.46. The fraction of sp³-hybridized carbons (Fsp3) is 0.667. The molecule has 0 saturated carbocycles.